The van der Waals surface area contributed by atoms with Crippen LogP contribution in [0.4, 0.5) is 0 Å². The quantitative estimate of drug-likeness (QED) is 0.503. The zero-order chi connectivity index (χ0) is 19.3. The molecular weight excluding hydrogens is 422 g/mol. The van der Waals surface area contributed by atoms with Crippen molar-refractivity contribution in [2.45, 2.75) is 24.8 Å². The molecule has 0 fully saturated rings. The van der Waals surface area contributed by atoms with E-state index < -0.39 is 10.0 Å². The molecule has 0 aromatic heterocycles. The Kier molecular flexibility index (Phi) is 6.47. The molecule has 0 spiro atoms. The number of rotatable bonds is 7. The fourth-order valence-electron chi connectivity index (χ4n) is 2.84. The normalized spacial score (nSPS) is 11.7. The van der Waals surface area contributed by atoms with E-state index in [1.54, 1.807) is 16.4 Å². The Morgan fingerprint density at radius 3 is 2.07 bits per heavy atom. The van der Waals surface area contributed by atoms with Crippen molar-refractivity contribution in [3.05, 3.63) is 100 Å². The topological polar surface area (TPSA) is 37.4 Å². The SMILES string of the molecule is Cc1ccc(S(=O)(=O)N(CCc2ccccc2)Cc2ccc(Br)cc2)cc1. The highest BCUT2D eigenvalue weighted by Gasteiger charge is 2.24. The Morgan fingerprint density at radius 1 is 0.815 bits per heavy atom. The van der Waals surface area contributed by atoms with Crippen LogP contribution < -0.4 is 0 Å². The maximum Gasteiger partial charge on any atom is 0.243 e. The smallest absolute Gasteiger partial charge is 0.207 e. The molecule has 0 heterocycles. The van der Waals surface area contributed by atoms with Crippen LogP contribution in [-0.4, -0.2) is 19.3 Å². The van der Waals surface area contributed by atoms with Crippen molar-refractivity contribution in [2.75, 3.05) is 6.54 Å². The van der Waals surface area contributed by atoms with Crippen LogP contribution in [0.15, 0.2) is 88.2 Å². The van der Waals surface area contributed by atoms with Crippen LogP contribution in [0.25, 0.3) is 0 Å². The Morgan fingerprint density at radius 2 is 1.44 bits per heavy atom. The van der Waals surface area contributed by atoms with Crippen LogP contribution in [0.1, 0.15) is 16.7 Å². The molecule has 27 heavy (non-hydrogen) atoms. The zero-order valence-corrected chi connectivity index (χ0v) is 17.6. The van der Waals surface area contributed by atoms with Gasteiger partial charge in [0.15, 0.2) is 0 Å². The van der Waals surface area contributed by atoms with E-state index >= 15 is 0 Å². The van der Waals surface area contributed by atoms with E-state index in [1.165, 1.54) is 0 Å². The average Bonchev–Trinajstić information content (AvgIpc) is 2.67. The van der Waals surface area contributed by atoms with Crippen LogP contribution in [0.3, 0.4) is 0 Å². The molecule has 0 saturated heterocycles. The minimum absolute atomic E-state index is 0.332. The first-order valence-electron chi connectivity index (χ1n) is 8.80. The molecule has 0 N–H and O–H groups in total. The highest BCUT2D eigenvalue weighted by atomic mass is 79.9. The van der Waals surface area contributed by atoms with Gasteiger partial charge in [-0.3, -0.25) is 0 Å². The molecule has 3 aromatic carbocycles. The van der Waals surface area contributed by atoms with Crippen LogP contribution in [0, 0.1) is 6.92 Å². The van der Waals surface area contributed by atoms with Crippen molar-refractivity contribution in [1.29, 1.82) is 0 Å². The minimum Gasteiger partial charge on any atom is -0.207 e. The monoisotopic (exact) mass is 443 g/mol. The molecule has 3 rings (SSSR count). The maximum absolute atomic E-state index is 13.3. The molecule has 0 radical (unpaired) electrons. The predicted octanol–water partition coefficient (Wildman–Crippen LogP) is 5.19. The summed E-state index contributed by atoms with van der Waals surface area (Å²) in [5, 5.41) is 0. The lowest BCUT2D eigenvalue weighted by Gasteiger charge is -2.23. The maximum atomic E-state index is 13.3. The van der Waals surface area contributed by atoms with Crippen LogP contribution >= 0.6 is 15.9 Å². The number of sulfonamides is 1. The first-order valence-corrected chi connectivity index (χ1v) is 11.0. The third-order valence-corrected chi connectivity index (χ3v) is 6.81. The second-order valence-electron chi connectivity index (χ2n) is 6.51. The number of benzene rings is 3. The summed E-state index contributed by atoms with van der Waals surface area (Å²) in [6.45, 7) is 2.72. The van der Waals surface area contributed by atoms with E-state index in [2.05, 4.69) is 15.9 Å². The summed E-state index contributed by atoms with van der Waals surface area (Å²) in [7, 11) is -3.57. The molecule has 3 nitrogen and oxygen atoms in total. The largest absolute Gasteiger partial charge is 0.243 e. The van der Waals surface area contributed by atoms with Crippen LogP contribution in [-0.2, 0) is 23.0 Å². The van der Waals surface area contributed by atoms with Gasteiger partial charge in [0, 0.05) is 17.6 Å². The summed E-state index contributed by atoms with van der Waals surface area (Å²) in [5.41, 5.74) is 3.12. The van der Waals surface area contributed by atoms with Gasteiger partial charge in [-0.15, -0.1) is 0 Å². The van der Waals surface area contributed by atoms with E-state index in [1.807, 2.05) is 73.7 Å². The molecule has 0 aliphatic heterocycles. The predicted molar refractivity (Wildman–Crippen MR) is 113 cm³/mol. The number of hydrogen-bond donors (Lipinski definition) is 0. The van der Waals surface area contributed by atoms with Gasteiger partial charge in [-0.25, -0.2) is 8.42 Å². The van der Waals surface area contributed by atoms with Gasteiger partial charge in [0.25, 0.3) is 0 Å². The fraction of sp³-hybridized carbons (Fsp3) is 0.182. The number of nitrogens with zero attached hydrogens (tertiary/aromatic N) is 1. The molecule has 0 aliphatic carbocycles. The number of aryl methyl sites for hydroxylation is 1. The molecule has 5 heteroatoms. The van der Waals surface area contributed by atoms with Gasteiger partial charge in [-0.1, -0.05) is 76.1 Å². The lowest BCUT2D eigenvalue weighted by Crippen LogP contribution is -2.32. The van der Waals surface area contributed by atoms with Crippen LogP contribution in [0.5, 0.6) is 0 Å². The van der Waals surface area contributed by atoms with Crippen molar-refractivity contribution in [3.8, 4) is 0 Å². The fourth-order valence-corrected chi connectivity index (χ4v) is 4.53. The summed E-state index contributed by atoms with van der Waals surface area (Å²) in [4.78, 5) is 0.332. The lowest BCUT2D eigenvalue weighted by molar-refractivity contribution is 0.409. The molecular formula is C22H22BrNO2S. The number of halogens is 1. The van der Waals surface area contributed by atoms with Crippen LogP contribution in [0.2, 0.25) is 0 Å². The van der Waals surface area contributed by atoms with Crippen molar-refractivity contribution >= 4 is 26.0 Å². The first kappa shape index (κ1) is 19.8. The van der Waals surface area contributed by atoms with Gasteiger partial charge >= 0.3 is 0 Å². The highest BCUT2D eigenvalue weighted by molar-refractivity contribution is 9.10. The Hall–Kier alpha value is -1.95. The molecule has 140 valence electrons. The third kappa shape index (κ3) is 5.28. The first-order chi connectivity index (χ1) is 12.9. The molecule has 0 amide bonds. The van der Waals surface area contributed by atoms with Gasteiger partial charge < -0.3 is 0 Å². The summed E-state index contributed by atoms with van der Waals surface area (Å²) < 4.78 is 29.0. The summed E-state index contributed by atoms with van der Waals surface area (Å²) in [5.74, 6) is 0. The summed E-state index contributed by atoms with van der Waals surface area (Å²) >= 11 is 3.42. The summed E-state index contributed by atoms with van der Waals surface area (Å²) in [6, 6.07) is 24.8. The van der Waals surface area contributed by atoms with Gasteiger partial charge in [-0.05, 0) is 48.7 Å². The van der Waals surface area contributed by atoms with Gasteiger partial charge in [0.05, 0.1) is 4.90 Å². The Bertz CT molecular complexity index is 969. The second-order valence-corrected chi connectivity index (χ2v) is 9.37. The Balaban J connectivity index is 1.87. The average molecular weight is 444 g/mol. The molecule has 0 saturated carbocycles. The zero-order valence-electron chi connectivity index (χ0n) is 15.2. The lowest BCUT2D eigenvalue weighted by atomic mass is 10.1. The van der Waals surface area contributed by atoms with E-state index in [9.17, 15) is 8.42 Å². The molecule has 0 unspecified atom stereocenters. The van der Waals surface area contributed by atoms with Crippen molar-refractivity contribution < 1.29 is 8.42 Å². The summed E-state index contributed by atoms with van der Waals surface area (Å²) in [6.07, 6.45) is 0.669. The minimum atomic E-state index is -3.57. The van der Waals surface area contributed by atoms with E-state index in [-0.39, 0.29) is 0 Å². The van der Waals surface area contributed by atoms with Gasteiger partial charge in [-0.2, -0.15) is 4.31 Å². The van der Waals surface area contributed by atoms with Crippen molar-refractivity contribution in [1.82, 2.24) is 4.31 Å². The van der Waals surface area contributed by atoms with Crippen molar-refractivity contribution in [3.63, 3.8) is 0 Å². The van der Waals surface area contributed by atoms with E-state index in [0.29, 0.717) is 24.4 Å². The van der Waals surface area contributed by atoms with E-state index in [4.69, 9.17) is 0 Å². The molecule has 0 bridgehead atoms. The molecule has 0 aliphatic rings. The van der Waals surface area contributed by atoms with Crippen molar-refractivity contribution in [2.24, 2.45) is 0 Å². The second kappa shape index (κ2) is 8.83. The van der Waals surface area contributed by atoms with Gasteiger partial charge in [0.2, 0.25) is 10.0 Å². The van der Waals surface area contributed by atoms with Gasteiger partial charge in [0.1, 0.15) is 0 Å². The Labute approximate surface area is 169 Å². The molecule has 0 atom stereocenters. The molecule has 3 aromatic rings. The standard InChI is InChI=1S/C22H22BrNO2S/c1-18-7-13-22(14-8-18)27(25,26)24(16-15-19-5-3-2-4-6-19)17-20-9-11-21(23)12-10-20/h2-14H,15-17H2,1H3. The third-order valence-electron chi connectivity index (χ3n) is 4.42. The van der Waals surface area contributed by atoms with E-state index in [0.717, 1.165) is 21.2 Å². The highest BCUT2D eigenvalue weighted by Crippen LogP contribution is 2.21. The number of hydrogen-bond acceptors (Lipinski definition) is 2.